The molecule has 2 aliphatic heterocycles. The van der Waals surface area contributed by atoms with Crippen LogP contribution >= 0.6 is 0 Å². The van der Waals surface area contributed by atoms with Gasteiger partial charge in [-0.3, -0.25) is 14.6 Å². The molecule has 1 unspecified atom stereocenters. The zero-order valence-electron chi connectivity index (χ0n) is 16.0. The number of ether oxygens (including phenoxy) is 2. The summed E-state index contributed by atoms with van der Waals surface area (Å²) < 4.78 is 11.6. The van der Waals surface area contributed by atoms with Gasteiger partial charge in [-0.2, -0.15) is 0 Å². The van der Waals surface area contributed by atoms with Crippen molar-refractivity contribution in [1.82, 2.24) is 9.80 Å². The van der Waals surface area contributed by atoms with E-state index in [4.69, 9.17) is 9.47 Å². The molecule has 2 heterocycles. The quantitative estimate of drug-likeness (QED) is 0.883. The van der Waals surface area contributed by atoms with Gasteiger partial charge in [0.05, 0.1) is 30.9 Å². The van der Waals surface area contributed by atoms with Crippen molar-refractivity contribution in [2.45, 2.75) is 38.0 Å². The molecule has 6 heteroatoms. The number of rotatable bonds is 3. The van der Waals surface area contributed by atoms with Gasteiger partial charge in [0.25, 0.3) is 5.91 Å². The van der Waals surface area contributed by atoms with E-state index in [9.17, 15) is 9.90 Å². The molecule has 2 atom stereocenters. The van der Waals surface area contributed by atoms with Gasteiger partial charge in [0, 0.05) is 25.0 Å². The lowest BCUT2D eigenvalue weighted by Gasteiger charge is -2.36. The third kappa shape index (κ3) is 3.05. The molecule has 1 N–H and O–H groups in total. The van der Waals surface area contributed by atoms with Crippen molar-refractivity contribution < 1.29 is 19.4 Å². The summed E-state index contributed by atoms with van der Waals surface area (Å²) in [6, 6.07) is 10.0. The van der Waals surface area contributed by atoms with Gasteiger partial charge in [-0.25, -0.2) is 0 Å². The van der Waals surface area contributed by atoms with E-state index in [0.29, 0.717) is 11.3 Å². The summed E-state index contributed by atoms with van der Waals surface area (Å²) >= 11 is 0. The molecule has 0 aromatic heterocycles. The molecule has 3 aliphatic rings. The first-order valence-corrected chi connectivity index (χ1v) is 10.2. The fourth-order valence-electron chi connectivity index (χ4n) is 4.75. The maximum Gasteiger partial charge on any atom is 0.260 e. The first-order chi connectivity index (χ1) is 13.7. The van der Waals surface area contributed by atoms with E-state index in [1.807, 2.05) is 24.3 Å². The SMILES string of the molecule is O=C1c2cc(CN3CCOCC3)c3ccccc3c2OCN1C1CCC[C@@H]1O. The second-order valence-electron chi connectivity index (χ2n) is 7.96. The van der Waals surface area contributed by atoms with Crippen molar-refractivity contribution in [2.24, 2.45) is 0 Å². The van der Waals surface area contributed by atoms with Crippen LogP contribution in [0, 0.1) is 0 Å². The molecule has 2 aromatic rings. The van der Waals surface area contributed by atoms with Crippen molar-refractivity contribution in [3.05, 3.63) is 41.5 Å². The predicted octanol–water partition coefficient (Wildman–Crippen LogP) is 2.38. The largest absolute Gasteiger partial charge is 0.472 e. The van der Waals surface area contributed by atoms with E-state index in [1.165, 1.54) is 0 Å². The van der Waals surface area contributed by atoms with Crippen molar-refractivity contribution in [1.29, 1.82) is 0 Å². The molecule has 1 aliphatic carbocycles. The van der Waals surface area contributed by atoms with Gasteiger partial charge >= 0.3 is 0 Å². The topological polar surface area (TPSA) is 62.2 Å². The van der Waals surface area contributed by atoms with Gasteiger partial charge in [-0.05, 0) is 36.3 Å². The standard InChI is InChI=1S/C22H26N2O4/c25-20-7-3-6-19(20)24-14-28-21-17-5-2-1-4-16(17)15(12-18(21)22(24)26)13-23-8-10-27-11-9-23/h1-2,4-5,12,19-20,25H,3,6-11,13-14H2/t19?,20-/m0/s1. The van der Waals surface area contributed by atoms with Crippen LogP contribution in [-0.4, -0.2) is 66.0 Å². The fraction of sp³-hybridized carbons (Fsp3) is 0.500. The highest BCUT2D eigenvalue weighted by molar-refractivity contribution is 6.06. The number of aliphatic hydroxyl groups is 1. The van der Waals surface area contributed by atoms with Gasteiger partial charge in [-0.15, -0.1) is 0 Å². The van der Waals surface area contributed by atoms with Crippen LogP contribution in [0.1, 0.15) is 35.2 Å². The van der Waals surface area contributed by atoms with Crippen LogP contribution in [0.2, 0.25) is 0 Å². The third-order valence-corrected chi connectivity index (χ3v) is 6.26. The highest BCUT2D eigenvalue weighted by atomic mass is 16.5. The lowest BCUT2D eigenvalue weighted by atomic mass is 9.97. The molecule has 2 aromatic carbocycles. The monoisotopic (exact) mass is 382 g/mol. The van der Waals surface area contributed by atoms with Gasteiger partial charge in [0.2, 0.25) is 0 Å². The summed E-state index contributed by atoms with van der Waals surface area (Å²) in [6.07, 6.45) is 2.08. The summed E-state index contributed by atoms with van der Waals surface area (Å²) in [4.78, 5) is 17.4. The molecular weight excluding hydrogens is 356 g/mol. The Labute approximate surface area is 164 Å². The molecule has 1 saturated carbocycles. The Balaban J connectivity index is 1.54. The highest BCUT2D eigenvalue weighted by Gasteiger charge is 2.38. The minimum absolute atomic E-state index is 0.0267. The van der Waals surface area contributed by atoms with E-state index in [-0.39, 0.29) is 18.7 Å². The van der Waals surface area contributed by atoms with Gasteiger partial charge < -0.3 is 14.6 Å². The zero-order chi connectivity index (χ0) is 19.1. The van der Waals surface area contributed by atoms with E-state index in [2.05, 4.69) is 11.0 Å². The summed E-state index contributed by atoms with van der Waals surface area (Å²) in [7, 11) is 0. The molecule has 6 nitrogen and oxygen atoms in total. The number of hydrogen-bond donors (Lipinski definition) is 1. The number of hydrogen-bond acceptors (Lipinski definition) is 5. The highest BCUT2D eigenvalue weighted by Crippen LogP contribution is 2.38. The van der Waals surface area contributed by atoms with E-state index in [1.54, 1.807) is 4.90 Å². The minimum atomic E-state index is -0.456. The second-order valence-corrected chi connectivity index (χ2v) is 7.96. The van der Waals surface area contributed by atoms with Crippen LogP contribution in [0.3, 0.4) is 0 Å². The van der Waals surface area contributed by atoms with E-state index in [0.717, 1.165) is 68.4 Å². The second kappa shape index (κ2) is 7.35. The summed E-state index contributed by atoms with van der Waals surface area (Å²) in [5.41, 5.74) is 1.76. The lowest BCUT2D eigenvalue weighted by molar-refractivity contribution is 0.0131. The Hall–Kier alpha value is -2.15. The van der Waals surface area contributed by atoms with Crippen LogP contribution in [0.25, 0.3) is 10.8 Å². The van der Waals surface area contributed by atoms with Gasteiger partial charge in [0.1, 0.15) is 5.75 Å². The van der Waals surface area contributed by atoms with Gasteiger partial charge in [0.15, 0.2) is 6.73 Å². The Bertz CT molecular complexity index is 893. The molecule has 0 spiro atoms. The number of fused-ring (bicyclic) bond motifs is 3. The molecule has 2 fully saturated rings. The molecule has 148 valence electrons. The lowest BCUT2D eigenvalue weighted by Crippen LogP contribution is -2.48. The van der Waals surface area contributed by atoms with Crippen LogP contribution in [-0.2, 0) is 11.3 Å². The van der Waals surface area contributed by atoms with Crippen molar-refractivity contribution >= 4 is 16.7 Å². The Morgan fingerprint density at radius 2 is 1.89 bits per heavy atom. The van der Waals surface area contributed by atoms with Crippen LogP contribution < -0.4 is 4.74 Å². The first kappa shape index (κ1) is 17.9. The number of carbonyl (C=O) groups excluding carboxylic acids is 1. The molecular formula is C22H26N2O4. The Morgan fingerprint density at radius 1 is 1.11 bits per heavy atom. The molecule has 28 heavy (non-hydrogen) atoms. The van der Waals surface area contributed by atoms with E-state index < -0.39 is 6.10 Å². The normalized spacial score (nSPS) is 25.8. The number of aliphatic hydroxyl groups excluding tert-OH is 1. The van der Waals surface area contributed by atoms with Crippen molar-refractivity contribution in [2.75, 3.05) is 33.0 Å². The number of morpholine rings is 1. The zero-order valence-corrected chi connectivity index (χ0v) is 16.0. The third-order valence-electron chi connectivity index (χ3n) is 6.26. The number of benzene rings is 2. The molecule has 0 radical (unpaired) electrons. The summed E-state index contributed by atoms with van der Waals surface area (Å²) in [5.74, 6) is 0.649. The minimum Gasteiger partial charge on any atom is -0.472 e. The predicted molar refractivity (Wildman–Crippen MR) is 105 cm³/mol. The number of nitrogens with zero attached hydrogens (tertiary/aromatic N) is 2. The van der Waals surface area contributed by atoms with E-state index >= 15 is 0 Å². The Kier molecular flexibility index (Phi) is 4.70. The molecule has 1 saturated heterocycles. The number of carbonyl (C=O) groups is 1. The maximum absolute atomic E-state index is 13.3. The van der Waals surface area contributed by atoms with Crippen LogP contribution in [0.4, 0.5) is 0 Å². The molecule has 0 bridgehead atoms. The van der Waals surface area contributed by atoms with Crippen molar-refractivity contribution in [3.63, 3.8) is 0 Å². The maximum atomic E-state index is 13.3. The first-order valence-electron chi connectivity index (χ1n) is 10.2. The van der Waals surface area contributed by atoms with Gasteiger partial charge in [-0.1, -0.05) is 24.3 Å². The van der Waals surface area contributed by atoms with Crippen molar-refractivity contribution in [3.8, 4) is 5.75 Å². The fourth-order valence-corrected chi connectivity index (χ4v) is 4.75. The van der Waals surface area contributed by atoms with Crippen LogP contribution in [0.5, 0.6) is 5.75 Å². The Morgan fingerprint density at radius 3 is 2.64 bits per heavy atom. The average molecular weight is 382 g/mol. The van der Waals surface area contributed by atoms with Crippen LogP contribution in [0.15, 0.2) is 30.3 Å². The summed E-state index contributed by atoms with van der Waals surface area (Å²) in [6.45, 7) is 4.29. The molecule has 1 amide bonds. The average Bonchev–Trinajstić information content (AvgIpc) is 3.15. The smallest absolute Gasteiger partial charge is 0.260 e. The summed E-state index contributed by atoms with van der Waals surface area (Å²) in [5, 5.41) is 12.4. The number of amides is 1. The molecule has 5 rings (SSSR count).